The molecule has 0 fully saturated rings. The van der Waals surface area contributed by atoms with Crippen LogP contribution in [0.25, 0.3) is 0 Å². The summed E-state index contributed by atoms with van der Waals surface area (Å²) in [6.07, 6.45) is 3.89. The first-order chi connectivity index (χ1) is 7.19. The molecule has 0 amide bonds. The van der Waals surface area contributed by atoms with Crippen LogP contribution >= 0.6 is 0 Å². The molecule has 4 heteroatoms. The van der Waals surface area contributed by atoms with E-state index in [4.69, 9.17) is 10.5 Å². The van der Waals surface area contributed by atoms with Crippen LogP contribution in [0.4, 0.5) is 0 Å². The van der Waals surface area contributed by atoms with E-state index in [0.29, 0.717) is 0 Å². The van der Waals surface area contributed by atoms with Crippen molar-refractivity contribution in [3.05, 3.63) is 18.0 Å². The summed E-state index contributed by atoms with van der Waals surface area (Å²) in [5.41, 5.74) is 7.20. The number of aromatic nitrogens is 2. The van der Waals surface area contributed by atoms with Gasteiger partial charge in [-0.3, -0.25) is 4.68 Å². The smallest absolute Gasteiger partial charge is 0.0561 e. The van der Waals surface area contributed by atoms with E-state index in [0.717, 1.165) is 25.1 Å². The van der Waals surface area contributed by atoms with Crippen LogP contribution in [-0.4, -0.2) is 23.0 Å². The topological polar surface area (TPSA) is 53.1 Å². The quantitative estimate of drug-likeness (QED) is 0.779. The number of ether oxygens (including phenoxy) is 1. The lowest BCUT2D eigenvalue weighted by atomic mass is 10.1. The van der Waals surface area contributed by atoms with Crippen molar-refractivity contribution in [1.29, 1.82) is 0 Å². The summed E-state index contributed by atoms with van der Waals surface area (Å²) in [4.78, 5) is 0. The first-order valence-corrected chi connectivity index (χ1v) is 5.49. The monoisotopic (exact) mass is 211 g/mol. The molecule has 2 N–H and O–H groups in total. The standard InChI is InChI=1S/C11H21N3O/c1-4-7-14-11(5-6-13-14)10(12)8-9(2)15-3/h5-6,9-10H,4,7-8,12H2,1-3H3. The summed E-state index contributed by atoms with van der Waals surface area (Å²) >= 11 is 0. The van der Waals surface area contributed by atoms with Gasteiger partial charge in [-0.1, -0.05) is 6.92 Å². The average molecular weight is 211 g/mol. The Bertz CT molecular complexity index is 285. The van der Waals surface area contributed by atoms with Crippen LogP contribution in [0.2, 0.25) is 0 Å². The van der Waals surface area contributed by atoms with Crippen LogP contribution in [0.3, 0.4) is 0 Å². The third-order valence-corrected chi connectivity index (χ3v) is 2.55. The molecule has 0 radical (unpaired) electrons. The van der Waals surface area contributed by atoms with Crippen molar-refractivity contribution in [3.63, 3.8) is 0 Å². The summed E-state index contributed by atoms with van der Waals surface area (Å²) in [5, 5.41) is 4.26. The number of nitrogens with two attached hydrogens (primary N) is 1. The molecular formula is C11H21N3O. The molecule has 1 heterocycles. The second kappa shape index (κ2) is 5.88. The first kappa shape index (κ1) is 12.2. The maximum atomic E-state index is 6.11. The van der Waals surface area contributed by atoms with E-state index >= 15 is 0 Å². The summed E-state index contributed by atoms with van der Waals surface area (Å²) < 4.78 is 7.19. The second-order valence-electron chi connectivity index (χ2n) is 3.87. The van der Waals surface area contributed by atoms with E-state index in [2.05, 4.69) is 12.0 Å². The lowest BCUT2D eigenvalue weighted by molar-refractivity contribution is 0.104. The van der Waals surface area contributed by atoms with E-state index in [1.807, 2.05) is 23.9 Å². The minimum Gasteiger partial charge on any atom is -0.382 e. The lowest BCUT2D eigenvalue weighted by Crippen LogP contribution is -2.21. The van der Waals surface area contributed by atoms with Gasteiger partial charge in [0.15, 0.2) is 0 Å². The van der Waals surface area contributed by atoms with Gasteiger partial charge >= 0.3 is 0 Å². The molecule has 0 aliphatic rings. The third kappa shape index (κ3) is 3.32. The van der Waals surface area contributed by atoms with Gasteiger partial charge in [0.05, 0.1) is 11.8 Å². The third-order valence-electron chi connectivity index (χ3n) is 2.55. The van der Waals surface area contributed by atoms with Gasteiger partial charge in [-0.05, 0) is 25.8 Å². The highest BCUT2D eigenvalue weighted by atomic mass is 16.5. The number of methoxy groups -OCH3 is 1. The Morgan fingerprint density at radius 3 is 2.93 bits per heavy atom. The van der Waals surface area contributed by atoms with Crippen LogP contribution in [0.5, 0.6) is 0 Å². The molecule has 4 nitrogen and oxygen atoms in total. The molecule has 2 unspecified atom stereocenters. The van der Waals surface area contributed by atoms with Crippen molar-refractivity contribution in [2.75, 3.05) is 7.11 Å². The van der Waals surface area contributed by atoms with Gasteiger partial charge in [-0.2, -0.15) is 5.10 Å². The molecule has 1 rings (SSSR count). The Morgan fingerprint density at radius 1 is 1.60 bits per heavy atom. The predicted octanol–water partition coefficient (Wildman–Crippen LogP) is 1.72. The molecule has 1 aromatic heterocycles. The number of hydrogen-bond acceptors (Lipinski definition) is 3. The van der Waals surface area contributed by atoms with Gasteiger partial charge in [0.2, 0.25) is 0 Å². The Labute approximate surface area is 91.4 Å². The van der Waals surface area contributed by atoms with E-state index in [-0.39, 0.29) is 12.1 Å². The summed E-state index contributed by atoms with van der Waals surface area (Å²) in [5.74, 6) is 0. The average Bonchev–Trinajstić information content (AvgIpc) is 2.66. The van der Waals surface area contributed by atoms with Gasteiger partial charge in [-0.25, -0.2) is 0 Å². The Hall–Kier alpha value is -0.870. The minimum absolute atomic E-state index is 0.00833. The van der Waals surface area contributed by atoms with E-state index < -0.39 is 0 Å². The number of aryl methyl sites for hydroxylation is 1. The van der Waals surface area contributed by atoms with Crippen molar-refractivity contribution < 1.29 is 4.74 Å². The fraction of sp³-hybridized carbons (Fsp3) is 0.727. The molecule has 0 saturated carbocycles. The first-order valence-electron chi connectivity index (χ1n) is 5.49. The molecule has 0 aliphatic heterocycles. The Balaban J connectivity index is 2.63. The summed E-state index contributed by atoms with van der Waals surface area (Å²) in [6.45, 7) is 5.09. The SMILES string of the molecule is CCCn1nccc1C(N)CC(C)OC. The molecule has 86 valence electrons. The molecular weight excluding hydrogens is 190 g/mol. The highest BCUT2D eigenvalue weighted by Gasteiger charge is 2.14. The van der Waals surface area contributed by atoms with Crippen molar-refractivity contribution in [3.8, 4) is 0 Å². The Morgan fingerprint density at radius 2 is 2.33 bits per heavy atom. The summed E-state index contributed by atoms with van der Waals surface area (Å²) in [6, 6.07) is 2.00. The van der Waals surface area contributed by atoms with Crippen LogP contribution in [-0.2, 0) is 11.3 Å². The molecule has 0 spiro atoms. The zero-order valence-electron chi connectivity index (χ0n) is 9.81. The van der Waals surface area contributed by atoms with E-state index in [1.165, 1.54) is 0 Å². The van der Waals surface area contributed by atoms with Gasteiger partial charge in [-0.15, -0.1) is 0 Å². The fourth-order valence-corrected chi connectivity index (χ4v) is 1.63. The zero-order chi connectivity index (χ0) is 11.3. The predicted molar refractivity (Wildman–Crippen MR) is 60.5 cm³/mol. The second-order valence-corrected chi connectivity index (χ2v) is 3.87. The molecule has 1 aromatic rings. The maximum Gasteiger partial charge on any atom is 0.0561 e. The normalized spacial score (nSPS) is 15.2. The van der Waals surface area contributed by atoms with Crippen LogP contribution < -0.4 is 5.73 Å². The van der Waals surface area contributed by atoms with Gasteiger partial charge in [0, 0.05) is 25.9 Å². The Kier molecular flexibility index (Phi) is 4.78. The van der Waals surface area contributed by atoms with Gasteiger partial charge < -0.3 is 10.5 Å². The zero-order valence-corrected chi connectivity index (χ0v) is 9.81. The molecule has 0 saturated heterocycles. The molecule has 0 bridgehead atoms. The maximum absolute atomic E-state index is 6.11. The largest absolute Gasteiger partial charge is 0.382 e. The highest BCUT2D eigenvalue weighted by molar-refractivity contribution is 5.06. The van der Waals surface area contributed by atoms with Crippen molar-refractivity contribution in [2.45, 2.75) is 45.4 Å². The highest BCUT2D eigenvalue weighted by Crippen LogP contribution is 2.16. The molecule has 0 aromatic carbocycles. The molecule has 15 heavy (non-hydrogen) atoms. The van der Waals surface area contributed by atoms with Crippen LogP contribution in [0.15, 0.2) is 12.3 Å². The summed E-state index contributed by atoms with van der Waals surface area (Å²) in [7, 11) is 1.71. The van der Waals surface area contributed by atoms with Crippen molar-refractivity contribution in [2.24, 2.45) is 5.73 Å². The number of rotatable bonds is 6. The molecule has 2 atom stereocenters. The number of hydrogen-bond donors (Lipinski definition) is 1. The van der Waals surface area contributed by atoms with Crippen LogP contribution in [0, 0.1) is 0 Å². The van der Waals surface area contributed by atoms with Crippen LogP contribution in [0.1, 0.15) is 38.4 Å². The van der Waals surface area contributed by atoms with E-state index in [1.54, 1.807) is 7.11 Å². The van der Waals surface area contributed by atoms with Gasteiger partial charge in [0.25, 0.3) is 0 Å². The fourth-order valence-electron chi connectivity index (χ4n) is 1.63. The van der Waals surface area contributed by atoms with Crippen molar-refractivity contribution >= 4 is 0 Å². The number of nitrogens with zero attached hydrogens (tertiary/aromatic N) is 2. The lowest BCUT2D eigenvalue weighted by Gasteiger charge is -2.17. The van der Waals surface area contributed by atoms with Crippen molar-refractivity contribution in [1.82, 2.24) is 9.78 Å². The minimum atomic E-state index is 0.00833. The van der Waals surface area contributed by atoms with E-state index in [9.17, 15) is 0 Å². The molecule has 0 aliphatic carbocycles. The van der Waals surface area contributed by atoms with Gasteiger partial charge in [0.1, 0.15) is 0 Å².